The average Bonchev–Trinajstić information content (AvgIpc) is 2.84. The van der Waals surface area contributed by atoms with Crippen molar-refractivity contribution in [2.45, 2.75) is 25.9 Å². The zero-order valence-electron chi connectivity index (χ0n) is 19.3. The van der Waals surface area contributed by atoms with Crippen molar-refractivity contribution in [1.82, 2.24) is 9.97 Å². The van der Waals surface area contributed by atoms with E-state index in [0.29, 0.717) is 62.0 Å². The van der Waals surface area contributed by atoms with E-state index in [4.69, 9.17) is 9.97 Å². The second kappa shape index (κ2) is 9.20. The van der Waals surface area contributed by atoms with Crippen molar-refractivity contribution in [2.24, 2.45) is 5.92 Å². The maximum absolute atomic E-state index is 13.1. The minimum Gasteiger partial charge on any atom is -0.368 e. The lowest BCUT2D eigenvalue weighted by Crippen LogP contribution is -2.47. The topological polar surface area (TPSA) is 61.4 Å². The number of carbonyl (C=O) groups excluding carboxylic acids is 1. The van der Waals surface area contributed by atoms with E-state index in [1.165, 1.54) is 12.1 Å². The first-order chi connectivity index (χ1) is 16.8. The van der Waals surface area contributed by atoms with Gasteiger partial charge < -0.3 is 15.1 Å². The van der Waals surface area contributed by atoms with E-state index in [1.54, 1.807) is 6.07 Å². The number of ketones is 1. The number of nitrogens with zero attached hydrogens (tertiary/aromatic N) is 4. The number of alkyl halides is 3. The summed E-state index contributed by atoms with van der Waals surface area (Å²) in [6.07, 6.45) is -3.20. The lowest BCUT2D eigenvalue weighted by molar-refractivity contribution is -0.137. The normalized spacial score (nSPS) is 18.4. The summed E-state index contributed by atoms with van der Waals surface area (Å²) in [4.78, 5) is 26.4. The van der Waals surface area contributed by atoms with Crippen LogP contribution < -0.4 is 15.1 Å². The molecule has 182 valence electrons. The van der Waals surface area contributed by atoms with E-state index in [9.17, 15) is 18.0 Å². The average molecular weight is 482 g/mol. The summed E-state index contributed by atoms with van der Waals surface area (Å²) in [5.74, 6) is 1.29. The number of para-hydroxylation sites is 1. The fraction of sp³-hybridized carbons (Fsp3) is 0.346. The molecule has 3 aromatic rings. The van der Waals surface area contributed by atoms with E-state index >= 15 is 0 Å². The molecule has 0 radical (unpaired) electrons. The molecule has 6 nitrogen and oxygen atoms in total. The van der Waals surface area contributed by atoms with Crippen molar-refractivity contribution in [1.29, 1.82) is 0 Å². The van der Waals surface area contributed by atoms with E-state index in [2.05, 4.69) is 5.32 Å². The summed E-state index contributed by atoms with van der Waals surface area (Å²) in [5, 5.41) is 3.30. The van der Waals surface area contributed by atoms with Gasteiger partial charge in [-0.1, -0.05) is 31.2 Å². The highest BCUT2D eigenvalue weighted by molar-refractivity contribution is 6.03. The van der Waals surface area contributed by atoms with Crippen LogP contribution in [-0.4, -0.2) is 41.9 Å². The van der Waals surface area contributed by atoms with Crippen molar-refractivity contribution in [3.05, 3.63) is 71.4 Å². The van der Waals surface area contributed by atoms with E-state index in [-0.39, 0.29) is 11.7 Å². The third kappa shape index (κ3) is 4.94. The molecule has 1 aromatic heterocycles. The lowest BCUT2D eigenvalue weighted by atomic mass is 9.87. The molecular formula is C26H26F3N5O. The van der Waals surface area contributed by atoms with Crippen molar-refractivity contribution in [2.75, 3.05) is 41.3 Å². The molecule has 1 atom stereocenters. The lowest BCUT2D eigenvalue weighted by Gasteiger charge is -2.37. The first-order valence-electron chi connectivity index (χ1n) is 11.7. The molecule has 1 unspecified atom stereocenters. The van der Waals surface area contributed by atoms with Crippen molar-refractivity contribution < 1.29 is 18.0 Å². The van der Waals surface area contributed by atoms with Gasteiger partial charge in [0, 0.05) is 44.0 Å². The van der Waals surface area contributed by atoms with Crippen LogP contribution in [0.1, 0.15) is 35.0 Å². The number of hydrogen-bond acceptors (Lipinski definition) is 6. The Kier molecular flexibility index (Phi) is 6.08. The van der Waals surface area contributed by atoms with Crippen LogP contribution in [0.4, 0.5) is 36.3 Å². The number of benzene rings is 2. The van der Waals surface area contributed by atoms with Crippen LogP contribution in [0.2, 0.25) is 0 Å². The van der Waals surface area contributed by atoms with Gasteiger partial charge in [0.05, 0.1) is 16.8 Å². The third-order valence-corrected chi connectivity index (χ3v) is 6.46. The highest BCUT2D eigenvalue weighted by atomic mass is 19.4. The fourth-order valence-electron chi connectivity index (χ4n) is 4.69. The molecule has 2 aromatic carbocycles. The third-order valence-electron chi connectivity index (χ3n) is 6.46. The zero-order valence-corrected chi connectivity index (χ0v) is 19.3. The Labute approximate surface area is 201 Å². The SMILES string of the molecule is CC1CC(=O)c2c(nc(N3CCN(c4cccc(C(F)(F)F)c4)CC3)nc2Nc2ccccc2)C1. The summed E-state index contributed by atoms with van der Waals surface area (Å²) in [7, 11) is 0. The number of fused-ring (bicyclic) bond motifs is 1. The molecule has 2 heterocycles. The van der Waals surface area contributed by atoms with Crippen molar-refractivity contribution in [3.8, 4) is 0 Å². The van der Waals surface area contributed by atoms with Gasteiger partial charge in [0.25, 0.3) is 0 Å². The standard InChI is InChI=1S/C26H26F3N5O/c1-17-14-21-23(22(35)15-17)24(30-19-7-3-2-4-8-19)32-25(31-21)34-12-10-33(11-13-34)20-9-5-6-18(16-20)26(27,28)29/h2-9,16-17H,10-15H2,1H3,(H,30,31,32). The van der Waals surface area contributed by atoms with E-state index in [0.717, 1.165) is 17.4 Å². The summed E-state index contributed by atoms with van der Waals surface area (Å²) in [6.45, 7) is 4.24. The van der Waals surface area contributed by atoms with Crippen LogP contribution in [0.25, 0.3) is 0 Å². The molecule has 1 aliphatic carbocycles. The van der Waals surface area contributed by atoms with E-state index < -0.39 is 11.7 Å². The van der Waals surface area contributed by atoms with Crippen LogP contribution in [0.5, 0.6) is 0 Å². The molecule has 5 rings (SSSR count). The summed E-state index contributed by atoms with van der Waals surface area (Å²) in [5.41, 5.74) is 2.04. The highest BCUT2D eigenvalue weighted by Gasteiger charge is 2.32. The number of rotatable bonds is 4. The van der Waals surface area contributed by atoms with Crippen LogP contribution in [0, 0.1) is 5.92 Å². The summed E-state index contributed by atoms with van der Waals surface area (Å²) in [6, 6.07) is 15.0. The monoisotopic (exact) mass is 481 g/mol. The Bertz CT molecular complexity index is 1220. The molecule has 1 saturated heterocycles. The van der Waals surface area contributed by atoms with Crippen molar-refractivity contribution >= 4 is 28.9 Å². The number of halogens is 3. The van der Waals surface area contributed by atoms with Gasteiger partial charge in [-0.05, 0) is 42.7 Å². The number of hydrogen-bond donors (Lipinski definition) is 1. The molecule has 0 saturated carbocycles. The number of nitrogens with one attached hydrogen (secondary N) is 1. The minimum atomic E-state index is -4.37. The summed E-state index contributed by atoms with van der Waals surface area (Å²) < 4.78 is 39.4. The van der Waals surface area contributed by atoms with Crippen molar-refractivity contribution in [3.63, 3.8) is 0 Å². The predicted molar refractivity (Wildman–Crippen MR) is 129 cm³/mol. The van der Waals surface area contributed by atoms with Crippen LogP contribution in [0.15, 0.2) is 54.6 Å². The van der Waals surface area contributed by atoms with Gasteiger partial charge in [-0.25, -0.2) is 4.98 Å². The molecule has 0 spiro atoms. The molecule has 1 aliphatic heterocycles. The van der Waals surface area contributed by atoms with Gasteiger partial charge in [-0.2, -0.15) is 18.2 Å². The van der Waals surface area contributed by atoms with E-state index in [1.807, 2.05) is 47.1 Å². The number of carbonyl (C=O) groups is 1. The predicted octanol–water partition coefficient (Wildman–Crippen LogP) is 5.33. The van der Waals surface area contributed by atoms with Crippen LogP contribution >= 0.6 is 0 Å². The van der Waals surface area contributed by atoms with Gasteiger partial charge in [0.15, 0.2) is 5.78 Å². The highest BCUT2D eigenvalue weighted by Crippen LogP contribution is 2.34. The molecule has 9 heteroatoms. The van der Waals surface area contributed by atoms with Gasteiger partial charge in [-0.3, -0.25) is 4.79 Å². The van der Waals surface area contributed by atoms with Crippen LogP contribution in [0.3, 0.4) is 0 Å². The van der Waals surface area contributed by atoms with Gasteiger partial charge in [-0.15, -0.1) is 0 Å². The smallest absolute Gasteiger partial charge is 0.368 e. The van der Waals surface area contributed by atoms with Crippen LogP contribution in [-0.2, 0) is 12.6 Å². The second-order valence-corrected chi connectivity index (χ2v) is 9.14. The van der Waals surface area contributed by atoms with Gasteiger partial charge in [0.2, 0.25) is 5.95 Å². The number of piperazine rings is 1. The first-order valence-corrected chi connectivity index (χ1v) is 11.7. The second-order valence-electron chi connectivity index (χ2n) is 9.14. The quantitative estimate of drug-likeness (QED) is 0.544. The minimum absolute atomic E-state index is 0.0399. The molecule has 35 heavy (non-hydrogen) atoms. The van der Waals surface area contributed by atoms with Gasteiger partial charge in [0.1, 0.15) is 5.82 Å². The summed E-state index contributed by atoms with van der Waals surface area (Å²) >= 11 is 0. The Hall–Kier alpha value is -3.62. The van der Waals surface area contributed by atoms with Gasteiger partial charge >= 0.3 is 6.18 Å². The zero-order chi connectivity index (χ0) is 24.6. The number of anilines is 4. The maximum Gasteiger partial charge on any atom is 0.416 e. The molecule has 0 amide bonds. The first kappa shape index (κ1) is 23.1. The number of Topliss-reactive ketones (excluding diaryl/α,β-unsaturated/α-hetero) is 1. The molecule has 1 fully saturated rings. The Balaban J connectivity index is 1.39. The molecule has 0 bridgehead atoms. The molecule has 2 aliphatic rings. The Morgan fingerprint density at radius 3 is 2.34 bits per heavy atom. The largest absolute Gasteiger partial charge is 0.416 e. The Morgan fingerprint density at radius 1 is 0.914 bits per heavy atom. The fourth-order valence-corrected chi connectivity index (χ4v) is 4.69. The Morgan fingerprint density at radius 2 is 1.63 bits per heavy atom. The number of aromatic nitrogens is 2. The molecule has 1 N–H and O–H groups in total. The molecular weight excluding hydrogens is 455 g/mol. The maximum atomic E-state index is 13.1.